The van der Waals surface area contributed by atoms with E-state index >= 15 is 0 Å². The Morgan fingerprint density at radius 1 is 1.11 bits per heavy atom. The third-order valence-corrected chi connectivity index (χ3v) is 3.82. The predicted octanol–water partition coefficient (Wildman–Crippen LogP) is 2.62. The van der Waals surface area contributed by atoms with Gasteiger partial charge in [-0.1, -0.05) is 17.3 Å². The lowest BCUT2D eigenvalue weighted by Gasteiger charge is -2.10. The second-order valence-electron chi connectivity index (χ2n) is 5.91. The van der Waals surface area contributed by atoms with Gasteiger partial charge < -0.3 is 15.2 Å². The van der Waals surface area contributed by atoms with Crippen LogP contribution in [0.4, 0.5) is 8.78 Å². The van der Waals surface area contributed by atoms with E-state index in [1.165, 1.54) is 42.5 Å². The Kier molecular flexibility index (Phi) is 5.73. The molecule has 0 saturated carbocycles. The minimum Gasteiger partial charge on any atom is -0.343 e. The molecule has 0 aliphatic carbocycles. The number of nitrogens with one attached hydrogen (secondary N) is 2. The molecule has 0 fully saturated rings. The van der Waals surface area contributed by atoms with E-state index < -0.39 is 23.7 Å². The first-order valence-corrected chi connectivity index (χ1v) is 8.35. The largest absolute Gasteiger partial charge is 0.343 e. The molecule has 2 aromatic carbocycles. The molecular weight excluding hydrogens is 370 g/mol. The standard InChI is InChI=1S/C19H16F2N4O3/c1-11(19-24-17(25-28-19)12-6-8-13(20)9-7-12)23-16(26)10-22-18(27)14-4-2-3-5-15(14)21/h2-9,11H,10H2,1H3,(H,22,27)(H,23,26). The lowest BCUT2D eigenvalue weighted by Crippen LogP contribution is -2.38. The Hall–Kier alpha value is -3.62. The number of benzene rings is 2. The summed E-state index contributed by atoms with van der Waals surface area (Å²) in [5, 5.41) is 8.72. The van der Waals surface area contributed by atoms with E-state index in [1.54, 1.807) is 6.92 Å². The first-order chi connectivity index (χ1) is 13.4. The quantitative estimate of drug-likeness (QED) is 0.679. The maximum absolute atomic E-state index is 13.6. The predicted molar refractivity (Wildman–Crippen MR) is 95.0 cm³/mol. The molecule has 0 spiro atoms. The number of hydrogen-bond acceptors (Lipinski definition) is 5. The van der Waals surface area contributed by atoms with Gasteiger partial charge in [0.2, 0.25) is 17.6 Å². The summed E-state index contributed by atoms with van der Waals surface area (Å²) in [6.45, 7) is 1.27. The van der Waals surface area contributed by atoms with Crippen LogP contribution in [-0.4, -0.2) is 28.5 Å². The van der Waals surface area contributed by atoms with Crippen molar-refractivity contribution in [2.45, 2.75) is 13.0 Å². The van der Waals surface area contributed by atoms with Gasteiger partial charge in [-0.3, -0.25) is 9.59 Å². The van der Waals surface area contributed by atoms with Gasteiger partial charge in [-0.25, -0.2) is 8.78 Å². The summed E-state index contributed by atoms with van der Waals surface area (Å²) >= 11 is 0. The zero-order valence-corrected chi connectivity index (χ0v) is 14.8. The SMILES string of the molecule is CC(NC(=O)CNC(=O)c1ccccc1F)c1nc(-c2ccc(F)cc2)no1. The third kappa shape index (κ3) is 4.56. The zero-order chi connectivity index (χ0) is 20.1. The van der Waals surface area contributed by atoms with Crippen molar-refractivity contribution < 1.29 is 22.9 Å². The van der Waals surface area contributed by atoms with Crippen LogP contribution in [0, 0.1) is 11.6 Å². The van der Waals surface area contributed by atoms with E-state index in [9.17, 15) is 18.4 Å². The summed E-state index contributed by atoms with van der Waals surface area (Å²) in [6, 6.07) is 10.4. The van der Waals surface area contributed by atoms with E-state index in [2.05, 4.69) is 20.8 Å². The normalized spacial score (nSPS) is 11.7. The Labute approximate surface area is 158 Å². The van der Waals surface area contributed by atoms with Gasteiger partial charge in [0, 0.05) is 5.56 Å². The summed E-state index contributed by atoms with van der Waals surface area (Å²) in [5.41, 5.74) is 0.413. The van der Waals surface area contributed by atoms with Crippen LogP contribution < -0.4 is 10.6 Å². The summed E-state index contributed by atoms with van der Waals surface area (Å²) < 4.78 is 31.6. The Morgan fingerprint density at radius 2 is 1.82 bits per heavy atom. The van der Waals surface area contributed by atoms with Crippen LogP contribution in [0.1, 0.15) is 29.2 Å². The number of aromatic nitrogens is 2. The average Bonchev–Trinajstić information content (AvgIpc) is 3.17. The van der Waals surface area contributed by atoms with Gasteiger partial charge in [0.05, 0.1) is 12.1 Å². The second kappa shape index (κ2) is 8.38. The van der Waals surface area contributed by atoms with Gasteiger partial charge in [-0.05, 0) is 43.3 Å². The van der Waals surface area contributed by atoms with E-state index in [0.29, 0.717) is 5.56 Å². The summed E-state index contributed by atoms with van der Waals surface area (Å²) in [7, 11) is 0. The van der Waals surface area contributed by atoms with Gasteiger partial charge in [-0.15, -0.1) is 0 Å². The van der Waals surface area contributed by atoms with Crippen LogP contribution in [0.5, 0.6) is 0 Å². The average molecular weight is 386 g/mol. The Bertz CT molecular complexity index is 989. The highest BCUT2D eigenvalue weighted by atomic mass is 19.1. The van der Waals surface area contributed by atoms with Gasteiger partial charge in [0.25, 0.3) is 5.91 Å². The summed E-state index contributed by atoms with van der Waals surface area (Å²) in [5.74, 6) is -1.87. The van der Waals surface area contributed by atoms with Crippen molar-refractivity contribution in [2.24, 2.45) is 0 Å². The number of amides is 2. The van der Waals surface area contributed by atoms with Crippen molar-refractivity contribution in [1.82, 2.24) is 20.8 Å². The molecule has 3 aromatic rings. The Balaban J connectivity index is 1.55. The van der Waals surface area contributed by atoms with Crippen molar-refractivity contribution in [3.05, 3.63) is 71.6 Å². The summed E-state index contributed by atoms with van der Waals surface area (Å²) in [4.78, 5) is 28.1. The highest BCUT2D eigenvalue weighted by Crippen LogP contribution is 2.18. The molecule has 1 atom stereocenters. The molecule has 1 unspecified atom stereocenters. The molecule has 0 radical (unpaired) electrons. The first kappa shape index (κ1) is 19.2. The van der Waals surface area contributed by atoms with Crippen molar-refractivity contribution in [3.8, 4) is 11.4 Å². The maximum Gasteiger partial charge on any atom is 0.254 e. The van der Waals surface area contributed by atoms with Crippen molar-refractivity contribution >= 4 is 11.8 Å². The summed E-state index contributed by atoms with van der Waals surface area (Å²) in [6.07, 6.45) is 0. The number of halogens is 2. The molecule has 9 heteroatoms. The smallest absolute Gasteiger partial charge is 0.254 e. The topological polar surface area (TPSA) is 97.1 Å². The fourth-order valence-corrected chi connectivity index (χ4v) is 2.38. The number of nitrogens with zero attached hydrogens (tertiary/aromatic N) is 2. The molecule has 7 nitrogen and oxygen atoms in total. The van der Waals surface area contributed by atoms with Crippen LogP contribution in [0.25, 0.3) is 11.4 Å². The van der Waals surface area contributed by atoms with Crippen LogP contribution >= 0.6 is 0 Å². The number of carbonyl (C=O) groups excluding carboxylic acids is 2. The van der Waals surface area contributed by atoms with E-state index in [-0.39, 0.29) is 29.6 Å². The number of rotatable bonds is 6. The molecule has 2 amide bonds. The first-order valence-electron chi connectivity index (χ1n) is 8.35. The van der Waals surface area contributed by atoms with Crippen LogP contribution in [-0.2, 0) is 4.79 Å². The minimum absolute atomic E-state index is 0.146. The van der Waals surface area contributed by atoms with Crippen molar-refractivity contribution in [3.63, 3.8) is 0 Å². The molecule has 0 bridgehead atoms. The highest BCUT2D eigenvalue weighted by Gasteiger charge is 2.18. The van der Waals surface area contributed by atoms with E-state index in [0.717, 1.165) is 6.07 Å². The molecule has 3 rings (SSSR count). The maximum atomic E-state index is 13.6. The van der Waals surface area contributed by atoms with Gasteiger partial charge >= 0.3 is 0 Å². The van der Waals surface area contributed by atoms with Crippen molar-refractivity contribution in [1.29, 1.82) is 0 Å². The van der Waals surface area contributed by atoms with Gasteiger partial charge in [-0.2, -0.15) is 4.98 Å². The lowest BCUT2D eigenvalue weighted by molar-refractivity contribution is -0.120. The molecule has 1 heterocycles. The fraction of sp³-hybridized carbons (Fsp3) is 0.158. The second-order valence-corrected chi connectivity index (χ2v) is 5.91. The third-order valence-electron chi connectivity index (χ3n) is 3.82. The van der Waals surface area contributed by atoms with Gasteiger partial charge in [0.15, 0.2) is 0 Å². The van der Waals surface area contributed by atoms with E-state index in [1.807, 2.05) is 0 Å². The number of hydrogen-bond donors (Lipinski definition) is 2. The minimum atomic E-state index is -0.697. The highest BCUT2D eigenvalue weighted by molar-refractivity contribution is 5.96. The molecule has 2 N–H and O–H groups in total. The molecular formula is C19H16F2N4O3. The zero-order valence-electron chi connectivity index (χ0n) is 14.8. The molecule has 28 heavy (non-hydrogen) atoms. The van der Waals surface area contributed by atoms with Gasteiger partial charge in [0.1, 0.15) is 17.7 Å². The Morgan fingerprint density at radius 3 is 2.54 bits per heavy atom. The van der Waals surface area contributed by atoms with Crippen LogP contribution in [0.15, 0.2) is 53.1 Å². The fourth-order valence-electron chi connectivity index (χ4n) is 2.38. The van der Waals surface area contributed by atoms with Crippen molar-refractivity contribution in [2.75, 3.05) is 6.54 Å². The molecule has 144 valence electrons. The van der Waals surface area contributed by atoms with Crippen LogP contribution in [0.2, 0.25) is 0 Å². The molecule has 1 aromatic heterocycles. The molecule has 0 saturated heterocycles. The lowest BCUT2D eigenvalue weighted by atomic mass is 10.2. The molecule has 0 aliphatic heterocycles. The molecule has 0 aliphatic rings. The van der Waals surface area contributed by atoms with Crippen LogP contribution in [0.3, 0.4) is 0 Å². The monoisotopic (exact) mass is 386 g/mol. The number of carbonyl (C=O) groups is 2. The van der Waals surface area contributed by atoms with E-state index in [4.69, 9.17) is 4.52 Å².